The lowest BCUT2D eigenvalue weighted by Crippen LogP contribution is -2.44. The maximum atomic E-state index is 12.7. The number of fused-ring (bicyclic) bond motifs is 3. The van der Waals surface area contributed by atoms with Crippen molar-refractivity contribution in [2.24, 2.45) is 0 Å². The van der Waals surface area contributed by atoms with Crippen LogP contribution in [0.5, 0.6) is 0 Å². The highest BCUT2D eigenvalue weighted by Crippen LogP contribution is 2.31. The number of piperazine rings is 1. The summed E-state index contributed by atoms with van der Waals surface area (Å²) < 4.78 is 1.70. The summed E-state index contributed by atoms with van der Waals surface area (Å²) in [6.07, 6.45) is 9.11. The number of anilines is 4. The molecule has 0 aliphatic carbocycles. The molecule has 32 heavy (non-hydrogen) atoms. The van der Waals surface area contributed by atoms with Crippen LogP contribution in [0.15, 0.2) is 35.3 Å². The summed E-state index contributed by atoms with van der Waals surface area (Å²) in [6.45, 7) is 5.54. The van der Waals surface area contributed by atoms with Gasteiger partial charge in [0.2, 0.25) is 5.95 Å². The van der Waals surface area contributed by atoms with Gasteiger partial charge in [-0.15, -0.1) is 6.42 Å². The van der Waals surface area contributed by atoms with E-state index in [1.54, 1.807) is 10.8 Å². The van der Waals surface area contributed by atoms with Crippen LogP contribution in [0.3, 0.4) is 0 Å². The average molecular weight is 430 g/mol. The first kappa shape index (κ1) is 20.3. The fourth-order valence-electron chi connectivity index (χ4n) is 4.37. The monoisotopic (exact) mass is 429 g/mol. The van der Waals surface area contributed by atoms with E-state index < -0.39 is 0 Å². The lowest BCUT2D eigenvalue weighted by molar-refractivity contribution is 0.313. The molecule has 0 radical (unpaired) electrons. The Kier molecular flexibility index (Phi) is 5.41. The summed E-state index contributed by atoms with van der Waals surface area (Å²) in [5, 5.41) is 7.64. The smallest absolute Gasteiger partial charge is 0.253 e. The molecule has 2 N–H and O–H groups in total. The van der Waals surface area contributed by atoms with E-state index in [9.17, 15) is 4.79 Å². The molecule has 3 aromatic rings. The molecule has 0 spiro atoms. The second-order valence-electron chi connectivity index (χ2n) is 8.40. The molecule has 0 unspecified atom stereocenters. The lowest BCUT2D eigenvalue weighted by atomic mass is 10.2. The van der Waals surface area contributed by atoms with E-state index >= 15 is 0 Å². The Morgan fingerprint density at radius 2 is 1.94 bits per heavy atom. The minimum Gasteiger partial charge on any atom is -0.383 e. The molecule has 2 aliphatic rings. The molecule has 1 fully saturated rings. The van der Waals surface area contributed by atoms with Crippen LogP contribution in [0.1, 0.15) is 18.4 Å². The first-order chi connectivity index (χ1) is 15.6. The maximum absolute atomic E-state index is 12.7. The van der Waals surface area contributed by atoms with Crippen molar-refractivity contribution in [3.8, 4) is 12.3 Å². The van der Waals surface area contributed by atoms with Gasteiger partial charge in [-0.1, -0.05) is 5.92 Å². The van der Waals surface area contributed by atoms with Gasteiger partial charge in [-0.2, -0.15) is 4.98 Å². The molecular weight excluding hydrogens is 402 g/mol. The molecule has 1 saturated heterocycles. The van der Waals surface area contributed by atoms with Gasteiger partial charge < -0.3 is 20.4 Å². The average Bonchev–Trinajstić information content (AvgIpc) is 2.81. The standard InChI is InChI=1S/C24H27N7O/c1-3-17-14-22(32)31-9-5-4-8-25-20-15-18(27-24-26-16-19(17)23(31)28-24)6-7-21(20)30-12-10-29(2)11-13-30/h1,6-7,14-16,25H,4-5,8-13H2,2H3,(H,26,27,28). The first-order valence-corrected chi connectivity index (χ1v) is 11.1. The van der Waals surface area contributed by atoms with Crippen molar-refractivity contribution in [2.45, 2.75) is 19.4 Å². The zero-order valence-corrected chi connectivity index (χ0v) is 18.3. The largest absolute Gasteiger partial charge is 0.383 e. The third kappa shape index (κ3) is 3.87. The minimum atomic E-state index is -0.129. The highest BCUT2D eigenvalue weighted by molar-refractivity contribution is 5.83. The Balaban J connectivity index is 1.55. The van der Waals surface area contributed by atoms with Crippen LogP contribution in [0, 0.1) is 12.3 Å². The molecule has 0 saturated carbocycles. The van der Waals surface area contributed by atoms with Gasteiger partial charge in [0.25, 0.3) is 5.56 Å². The Morgan fingerprint density at radius 3 is 2.75 bits per heavy atom. The Hall–Kier alpha value is -3.57. The molecule has 8 heteroatoms. The predicted octanol–water partition coefficient (Wildman–Crippen LogP) is 2.47. The van der Waals surface area contributed by atoms with Crippen LogP contribution >= 0.6 is 0 Å². The summed E-state index contributed by atoms with van der Waals surface area (Å²) in [4.78, 5) is 26.6. The Morgan fingerprint density at radius 1 is 1.09 bits per heavy atom. The number of terminal acetylenes is 1. The molecule has 1 aromatic carbocycles. The van der Waals surface area contributed by atoms with E-state index in [4.69, 9.17) is 6.42 Å². The molecule has 4 heterocycles. The molecular formula is C24H27N7O. The quantitative estimate of drug-likeness (QED) is 0.576. The van der Waals surface area contributed by atoms with Gasteiger partial charge >= 0.3 is 0 Å². The second-order valence-corrected chi connectivity index (χ2v) is 8.40. The van der Waals surface area contributed by atoms with Crippen molar-refractivity contribution in [1.82, 2.24) is 19.4 Å². The van der Waals surface area contributed by atoms with E-state index in [0.717, 1.165) is 62.3 Å². The molecule has 164 valence electrons. The van der Waals surface area contributed by atoms with Gasteiger partial charge in [0.05, 0.1) is 16.8 Å². The summed E-state index contributed by atoms with van der Waals surface area (Å²) in [7, 11) is 2.16. The number of pyridine rings is 1. The van der Waals surface area contributed by atoms with Crippen LogP contribution in [-0.4, -0.2) is 59.2 Å². The van der Waals surface area contributed by atoms with E-state index in [1.165, 1.54) is 11.8 Å². The highest BCUT2D eigenvalue weighted by Gasteiger charge is 2.18. The molecule has 2 aromatic heterocycles. The van der Waals surface area contributed by atoms with E-state index in [-0.39, 0.29) is 5.56 Å². The predicted molar refractivity (Wildman–Crippen MR) is 129 cm³/mol. The SMILES string of the molecule is C#Cc1cc(=O)n2c3nc(ncc13)Nc1ccc(N3CCN(C)CC3)c(c1)NCCCC2. The first-order valence-electron chi connectivity index (χ1n) is 11.1. The van der Waals surface area contributed by atoms with Crippen LogP contribution in [0.4, 0.5) is 23.0 Å². The van der Waals surface area contributed by atoms with Crippen LogP contribution in [-0.2, 0) is 6.54 Å². The maximum Gasteiger partial charge on any atom is 0.253 e. The molecule has 2 aliphatic heterocycles. The molecule has 0 amide bonds. The van der Waals surface area contributed by atoms with Gasteiger partial charge in [-0.05, 0) is 38.1 Å². The van der Waals surface area contributed by atoms with Crippen LogP contribution in [0.25, 0.3) is 11.0 Å². The number of rotatable bonds is 1. The number of hydrogen-bond donors (Lipinski definition) is 2. The lowest BCUT2D eigenvalue weighted by Gasteiger charge is -2.35. The molecule has 4 bridgehead atoms. The zero-order valence-electron chi connectivity index (χ0n) is 18.3. The summed E-state index contributed by atoms with van der Waals surface area (Å²) >= 11 is 0. The number of nitrogens with zero attached hydrogens (tertiary/aromatic N) is 5. The normalized spacial score (nSPS) is 16.9. The summed E-state index contributed by atoms with van der Waals surface area (Å²) in [6, 6.07) is 7.82. The highest BCUT2D eigenvalue weighted by atomic mass is 16.1. The molecule has 8 nitrogen and oxygen atoms in total. The summed E-state index contributed by atoms with van der Waals surface area (Å²) in [5.41, 5.74) is 4.18. The van der Waals surface area contributed by atoms with Crippen molar-refractivity contribution in [2.75, 3.05) is 55.3 Å². The molecule has 0 atom stereocenters. The van der Waals surface area contributed by atoms with E-state index in [0.29, 0.717) is 23.7 Å². The van der Waals surface area contributed by atoms with Gasteiger partial charge in [0, 0.05) is 62.8 Å². The van der Waals surface area contributed by atoms with Crippen LogP contribution < -0.4 is 21.1 Å². The topological polar surface area (TPSA) is 78.3 Å². The second kappa shape index (κ2) is 8.52. The Bertz CT molecular complexity index is 1250. The van der Waals surface area contributed by atoms with Gasteiger partial charge in [0.15, 0.2) is 0 Å². The van der Waals surface area contributed by atoms with E-state index in [2.05, 4.69) is 61.6 Å². The number of nitrogens with one attached hydrogen (secondary N) is 2. The van der Waals surface area contributed by atoms with Gasteiger partial charge in [0.1, 0.15) is 5.65 Å². The number of benzene rings is 1. The van der Waals surface area contributed by atoms with Gasteiger partial charge in [-0.3, -0.25) is 9.36 Å². The van der Waals surface area contributed by atoms with Gasteiger partial charge in [-0.25, -0.2) is 4.98 Å². The number of aryl methyl sites for hydroxylation is 1. The minimum absolute atomic E-state index is 0.129. The zero-order chi connectivity index (χ0) is 22.1. The number of hydrogen-bond acceptors (Lipinski definition) is 7. The van der Waals surface area contributed by atoms with Crippen molar-refractivity contribution in [3.63, 3.8) is 0 Å². The summed E-state index contributed by atoms with van der Waals surface area (Å²) in [5.74, 6) is 3.03. The van der Waals surface area contributed by atoms with E-state index in [1.807, 2.05) is 0 Å². The fourth-order valence-corrected chi connectivity index (χ4v) is 4.37. The fraction of sp³-hybridized carbons (Fsp3) is 0.375. The third-order valence-corrected chi connectivity index (χ3v) is 6.22. The Labute approximate surface area is 187 Å². The number of aromatic nitrogens is 3. The van der Waals surface area contributed by atoms with Crippen molar-refractivity contribution in [1.29, 1.82) is 0 Å². The number of likely N-dealkylation sites (N-methyl/N-ethyl adjacent to an activating group) is 1. The van der Waals surface area contributed by atoms with Crippen LogP contribution in [0.2, 0.25) is 0 Å². The van der Waals surface area contributed by atoms with Crippen molar-refractivity contribution in [3.05, 3.63) is 46.4 Å². The third-order valence-electron chi connectivity index (χ3n) is 6.22. The molecule has 5 rings (SSSR count). The van der Waals surface area contributed by atoms with Crippen molar-refractivity contribution >= 4 is 34.0 Å². The van der Waals surface area contributed by atoms with Crippen molar-refractivity contribution < 1.29 is 0 Å².